The van der Waals surface area contributed by atoms with Crippen molar-refractivity contribution in [3.63, 3.8) is 0 Å². The first-order valence-corrected chi connectivity index (χ1v) is 9.84. The highest BCUT2D eigenvalue weighted by molar-refractivity contribution is 6.09. The maximum absolute atomic E-state index is 12.8. The molecule has 1 heterocycles. The number of hydrogen-bond acceptors (Lipinski definition) is 6. The average Bonchev–Trinajstić information content (AvgIpc) is 3.34. The number of nitrogens with zero attached hydrogens (tertiary/aromatic N) is 1. The monoisotopic (exact) mass is 401 g/mol. The molecule has 1 saturated carbocycles. The lowest BCUT2D eigenvalue weighted by Crippen LogP contribution is -2.31. The largest absolute Gasteiger partial charge is 0.466 e. The molecule has 0 bridgehead atoms. The summed E-state index contributed by atoms with van der Waals surface area (Å²) in [5.74, 6) is -1.03. The molecule has 0 spiro atoms. The van der Waals surface area contributed by atoms with Gasteiger partial charge in [-0.15, -0.1) is 0 Å². The highest BCUT2D eigenvalue weighted by atomic mass is 16.5. The Labute approximate surface area is 169 Å². The van der Waals surface area contributed by atoms with Crippen molar-refractivity contribution in [2.75, 3.05) is 37.4 Å². The maximum atomic E-state index is 12.8. The first kappa shape index (κ1) is 20.9. The fourth-order valence-electron chi connectivity index (χ4n) is 3.78. The van der Waals surface area contributed by atoms with Gasteiger partial charge in [-0.25, -0.2) is 4.79 Å². The van der Waals surface area contributed by atoms with E-state index in [1.165, 1.54) is 12.0 Å². The van der Waals surface area contributed by atoms with Gasteiger partial charge < -0.3 is 25.4 Å². The summed E-state index contributed by atoms with van der Waals surface area (Å²) >= 11 is 0. The maximum Gasteiger partial charge on any atom is 0.337 e. The summed E-state index contributed by atoms with van der Waals surface area (Å²) < 4.78 is 4.81. The molecular weight excluding hydrogens is 374 g/mol. The number of nitrogens with one attached hydrogen (secondary N) is 2. The third-order valence-corrected chi connectivity index (χ3v) is 5.37. The highest BCUT2D eigenvalue weighted by Gasteiger charge is 2.35. The zero-order valence-electron chi connectivity index (χ0n) is 16.8. The molecule has 156 valence electrons. The SMILES string of the molecule is COC(=O)C1=C(Nc2cc(C)ccc2NC(=O)C2CCCC2)C(=O)N(CCO)C1. The van der Waals surface area contributed by atoms with E-state index in [1.807, 2.05) is 19.1 Å². The number of aryl methyl sites for hydroxylation is 1. The second-order valence-electron chi connectivity index (χ2n) is 7.44. The van der Waals surface area contributed by atoms with E-state index in [-0.39, 0.29) is 42.8 Å². The number of methoxy groups -OCH3 is 1. The number of amides is 2. The molecular formula is C21H27N3O5. The molecule has 1 aromatic rings. The van der Waals surface area contributed by atoms with Crippen LogP contribution >= 0.6 is 0 Å². The number of ether oxygens (including phenoxy) is 1. The fraction of sp³-hybridized carbons (Fsp3) is 0.476. The van der Waals surface area contributed by atoms with Gasteiger partial charge in [0.1, 0.15) is 5.70 Å². The number of aliphatic hydroxyl groups excluding tert-OH is 1. The molecule has 0 saturated heterocycles. The summed E-state index contributed by atoms with van der Waals surface area (Å²) in [4.78, 5) is 38.9. The molecule has 0 atom stereocenters. The molecule has 0 unspecified atom stereocenters. The van der Waals surface area contributed by atoms with Crippen molar-refractivity contribution in [1.82, 2.24) is 4.90 Å². The van der Waals surface area contributed by atoms with Crippen LogP contribution in [0, 0.1) is 12.8 Å². The molecule has 1 aliphatic heterocycles. The third-order valence-electron chi connectivity index (χ3n) is 5.37. The van der Waals surface area contributed by atoms with Crippen molar-refractivity contribution >= 4 is 29.2 Å². The molecule has 1 aromatic carbocycles. The first-order chi connectivity index (χ1) is 13.9. The summed E-state index contributed by atoms with van der Waals surface area (Å²) in [7, 11) is 1.26. The van der Waals surface area contributed by atoms with E-state index in [0.717, 1.165) is 31.2 Å². The van der Waals surface area contributed by atoms with Gasteiger partial charge in [-0.3, -0.25) is 9.59 Å². The molecule has 3 rings (SSSR count). The van der Waals surface area contributed by atoms with Crippen molar-refractivity contribution in [2.45, 2.75) is 32.6 Å². The van der Waals surface area contributed by atoms with E-state index in [2.05, 4.69) is 10.6 Å². The smallest absolute Gasteiger partial charge is 0.337 e. The zero-order valence-corrected chi connectivity index (χ0v) is 16.8. The van der Waals surface area contributed by atoms with Crippen LogP contribution in [-0.4, -0.2) is 54.6 Å². The molecule has 0 aromatic heterocycles. The van der Waals surface area contributed by atoms with Gasteiger partial charge in [0.05, 0.1) is 37.2 Å². The van der Waals surface area contributed by atoms with Gasteiger partial charge in [0, 0.05) is 12.5 Å². The minimum Gasteiger partial charge on any atom is -0.466 e. The lowest BCUT2D eigenvalue weighted by molar-refractivity contribution is -0.136. The van der Waals surface area contributed by atoms with Crippen molar-refractivity contribution in [3.8, 4) is 0 Å². The Kier molecular flexibility index (Phi) is 6.53. The van der Waals surface area contributed by atoms with Crippen molar-refractivity contribution < 1.29 is 24.2 Å². The number of rotatable bonds is 7. The number of benzene rings is 1. The molecule has 1 fully saturated rings. The number of esters is 1. The molecule has 8 nitrogen and oxygen atoms in total. The van der Waals surface area contributed by atoms with Crippen molar-refractivity contribution in [1.29, 1.82) is 0 Å². The van der Waals surface area contributed by atoms with E-state index < -0.39 is 11.9 Å². The molecule has 2 aliphatic rings. The van der Waals surface area contributed by atoms with Crippen LogP contribution in [0.2, 0.25) is 0 Å². The fourth-order valence-corrected chi connectivity index (χ4v) is 3.78. The molecule has 3 N–H and O–H groups in total. The lowest BCUT2D eigenvalue weighted by atomic mass is 10.1. The van der Waals surface area contributed by atoms with Crippen molar-refractivity contribution in [2.24, 2.45) is 5.92 Å². The number of aliphatic hydroxyl groups is 1. The van der Waals surface area contributed by atoms with Crippen LogP contribution in [0.25, 0.3) is 0 Å². The van der Waals surface area contributed by atoms with Crippen LogP contribution in [0.5, 0.6) is 0 Å². The molecule has 0 radical (unpaired) electrons. The topological polar surface area (TPSA) is 108 Å². The predicted molar refractivity (Wildman–Crippen MR) is 108 cm³/mol. The quantitative estimate of drug-likeness (QED) is 0.602. The Bertz CT molecular complexity index is 843. The Morgan fingerprint density at radius 2 is 1.97 bits per heavy atom. The molecule has 1 aliphatic carbocycles. The van der Waals surface area contributed by atoms with Crippen LogP contribution in [0.4, 0.5) is 11.4 Å². The van der Waals surface area contributed by atoms with Gasteiger partial charge in [-0.1, -0.05) is 18.9 Å². The van der Waals surface area contributed by atoms with E-state index in [9.17, 15) is 19.5 Å². The Morgan fingerprint density at radius 1 is 1.24 bits per heavy atom. The number of β-amino-alcohol motifs (C(OH)–C–C–N with tert-alkyl or cyclic N) is 1. The van der Waals surface area contributed by atoms with Gasteiger partial charge in [0.2, 0.25) is 5.91 Å². The van der Waals surface area contributed by atoms with Crippen LogP contribution in [0.1, 0.15) is 31.2 Å². The third kappa shape index (κ3) is 4.59. The number of carbonyl (C=O) groups excluding carboxylic acids is 3. The van der Waals surface area contributed by atoms with E-state index in [1.54, 1.807) is 6.07 Å². The summed E-state index contributed by atoms with van der Waals surface area (Å²) in [5, 5.41) is 15.2. The van der Waals surface area contributed by atoms with E-state index >= 15 is 0 Å². The molecule has 2 amide bonds. The van der Waals surface area contributed by atoms with Gasteiger partial charge in [-0.2, -0.15) is 0 Å². The standard InChI is InChI=1S/C21H27N3O5/c1-13-7-8-16(23-19(26)14-5-3-4-6-14)17(11-13)22-18-15(21(28)29-2)12-24(9-10-25)20(18)27/h7-8,11,14,22,25H,3-6,9-10,12H2,1-2H3,(H,23,26). The molecule has 8 heteroatoms. The van der Waals surface area contributed by atoms with Crippen LogP contribution in [-0.2, 0) is 19.1 Å². The minimum absolute atomic E-state index is 0.00200. The average molecular weight is 401 g/mol. The Balaban J connectivity index is 1.88. The summed E-state index contributed by atoms with van der Waals surface area (Å²) in [6.45, 7) is 1.87. The lowest BCUT2D eigenvalue weighted by Gasteiger charge is -2.18. The normalized spacial score (nSPS) is 17.1. The first-order valence-electron chi connectivity index (χ1n) is 9.84. The minimum atomic E-state index is -0.606. The summed E-state index contributed by atoms with van der Waals surface area (Å²) in [6.07, 6.45) is 3.88. The Morgan fingerprint density at radius 3 is 2.62 bits per heavy atom. The van der Waals surface area contributed by atoms with Gasteiger partial charge in [0.15, 0.2) is 0 Å². The van der Waals surface area contributed by atoms with Crippen LogP contribution in [0.15, 0.2) is 29.5 Å². The Hall–Kier alpha value is -2.87. The summed E-state index contributed by atoms with van der Waals surface area (Å²) in [6, 6.07) is 5.47. The summed E-state index contributed by atoms with van der Waals surface area (Å²) in [5.41, 5.74) is 2.32. The van der Waals surface area contributed by atoms with E-state index in [0.29, 0.717) is 11.4 Å². The number of hydrogen-bond donors (Lipinski definition) is 3. The second-order valence-corrected chi connectivity index (χ2v) is 7.44. The predicted octanol–water partition coefficient (Wildman–Crippen LogP) is 1.80. The number of anilines is 2. The van der Waals surface area contributed by atoms with E-state index in [4.69, 9.17) is 4.74 Å². The highest BCUT2D eigenvalue weighted by Crippen LogP contribution is 2.31. The van der Waals surface area contributed by atoms with Gasteiger partial charge in [-0.05, 0) is 37.5 Å². The van der Waals surface area contributed by atoms with Crippen LogP contribution < -0.4 is 10.6 Å². The second kappa shape index (κ2) is 9.09. The van der Waals surface area contributed by atoms with Crippen molar-refractivity contribution in [3.05, 3.63) is 35.0 Å². The number of carbonyl (C=O) groups is 3. The van der Waals surface area contributed by atoms with Gasteiger partial charge in [0.25, 0.3) is 5.91 Å². The van der Waals surface area contributed by atoms with Crippen LogP contribution in [0.3, 0.4) is 0 Å². The zero-order chi connectivity index (χ0) is 21.0. The molecule has 29 heavy (non-hydrogen) atoms. The van der Waals surface area contributed by atoms with Gasteiger partial charge >= 0.3 is 5.97 Å².